The standard InChI is InChI=1S/C11H14BrN3O3/c1-11(2,15-10(17)18)9(16)14-8(12)7-5-3-4-6-13-7/h3-6,8,15H,1-2H3,(H,14,16)(H,17,18). The predicted molar refractivity (Wildman–Crippen MR) is 69.3 cm³/mol. The van der Waals surface area contributed by atoms with E-state index in [0.717, 1.165) is 0 Å². The zero-order valence-corrected chi connectivity index (χ0v) is 11.6. The van der Waals surface area contributed by atoms with Gasteiger partial charge in [-0.1, -0.05) is 22.0 Å². The Kier molecular flexibility index (Phi) is 4.66. The molecule has 1 atom stereocenters. The molecule has 0 fully saturated rings. The minimum Gasteiger partial charge on any atom is -0.465 e. The molecular formula is C11H14BrN3O3. The molecule has 0 bridgehead atoms. The molecule has 3 N–H and O–H groups in total. The van der Waals surface area contributed by atoms with Crippen LogP contribution in [0.2, 0.25) is 0 Å². The van der Waals surface area contributed by atoms with Crippen molar-refractivity contribution >= 4 is 27.9 Å². The highest BCUT2D eigenvalue weighted by Crippen LogP contribution is 2.17. The molecule has 0 aliphatic rings. The number of hydrogen-bond donors (Lipinski definition) is 3. The second-order valence-electron chi connectivity index (χ2n) is 4.15. The number of rotatable bonds is 4. The lowest BCUT2D eigenvalue weighted by atomic mass is 10.1. The molecule has 6 nitrogen and oxygen atoms in total. The number of carboxylic acid groups (broad SMARTS) is 1. The third-order valence-corrected chi connectivity index (χ3v) is 2.89. The number of carbonyl (C=O) groups excluding carboxylic acids is 1. The molecular weight excluding hydrogens is 302 g/mol. The van der Waals surface area contributed by atoms with Crippen LogP contribution in [0.25, 0.3) is 0 Å². The summed E-state index contributed by atoms with van der Waals surface area (Å²) in [6.07, 6.45) is 0.357. The summed E-state index contributed by atoms with van der Waals surface area (Å²) < 4.78 is 0. The van der Waals surface area contributed by atoms with Crippen molar-refractivity contribution in [3.63, 3.8) is 0 Å². The highest BCUT2D eigenvalue weighted by molar-refractivity contribution is 9.09. The minimum absolute atomic E-state index is 0.447. The van der Waals surface area contributed by atoms with Crippen LogP contribution in [-0.2, 0) is 4.79 Å². The molecule has 1 rings (SSSR count). The lowest BCUT2D eigenvalue weighted by Crippen LogP contribution is -2.54. The molecule has 18 heavy (non-hydrogen) atoms. The van der Waals surface area contributed by atoms with Crippen molar-refractivity contribution in [2.75, 3.05) is 0 Å². The molecule has 1 aromatic rings. The van der Waals surface area contributed by atoms with Crippen LogP contribution in [0.1, 0.15) is 24.5 Å². The number of amides is 2. The summed E-state index contributed by atoms with van der Waals surface area (Å²) >= 11 is 3.28. The number of nitrogens with zero attached hydrogens (tertiary/aromatic N) is 1. The first-order valence-corrected chi connectivity index (χ1v) is 6.11. The molecule has 1 heterocycles. The average molecular weight is 316 g/mol. The Balaban J connectivity index is 2.67. The molecule has 0 saturated carbocycles. The highest BCUT2D eigenvalue weighted by Gasteiger charge is 2.30. The number of hydrogen-bond acceptors (Lipinski definition) is 3. The van der Waals surface area contributed by atoms with Crippen LogP contribution in [0.4, 0.5) is 4.79 Å². The van der Waals surface area contributed by atoms with Gasteiger partial charge in [0.1, 0.15) is 10.5 Å². The summed E-state index contributed by atoms with van der Waals surface area (Å²) in [7, 11) is 0. The summed E-state index contributed by atoms with van der Waals surface area (Å²) in [6, 6.07) is 5.31. The molecule has 0 spiro atoms. The van der Waals surface area contributed by atoms with Crippen LogP contribution >= 0.6 is 15.9 Å². The number of halogens is 1. The molecule has 1 aromatic heterocycles. The van der Waals surface area contributed by atoms with E-state index in [-0.39, 0.29) is 0 Å². The van der Waals surface area contributed by atoms with E-state index in [1.807, 2.05) is 0 Å². The second-order valence-corrected chi connectivity index (χ2v) is 5.06. The largest absolute Gasteiger partial charge is 0.465 e. The van der Waals surface area contributed by atoms with Gasteiger partial charge in [-0.3, -0.25) is 9.78 Å². The molecule has 0 aromatic carbocycles. The van der Waals surface area contributed by atoms with Gasteiger partial charge >= 0.3 is 6.09 Å². The maximum atomic E-state index is 11.9. The van der Waals surface area contributed by atoms with Crippen LogP contribution in [-0.4, -0.2) is 27.6 Å². The maximum Gasteiger partial charge on any atom is 0.405 e. The monoisotopic (exact) mass is 315 g/mol. The van der Waals surface area contributed by atoms with Gasteiger partial charge in [-0.2, -0.15) is 0 Å². The van der Waals surface area contributed by atoms with E-state index in [9.17, 15) is 9.59 Å². The topological polar surface area (TPSA) is 91.3 Å². The third kappa shape index (κ3) is 3.99. The molecule has 2 amide bonds. The molecule has 0 radical (unpaired) electrons. The van der Waals surface area contributed by atoms with Crippen molar-refractivity contribution in [2.45, 2.75) is 24.3 Å². The summed E-state index contributed by atoms with van der Waals surface area (Å²) in [5.41, 5.74) is -0.580. The fourth-order valence-corrected chi connectivity index (χ4v) is 1.70. The number of pyridine rings is 1. The lowest BCUT2D eigenvalue weighted by molar-refractivity contribution is -0.126. The Labute approximate surface area is 113 Å². The normalized spacial score (nSPS) is 12.6. The Morgan fingerprint density at radius 3 is 2.61 bits per heavy atom. The lowest BCUT2D eigenvalue weighted by Gasteiger charge is -2.25. The van der Waals surface area contributed by atoms with Gasteiger partial charge in [0.2, 0.25) is 5.91 Å². The van der Waals surface area contributed by atoms with Gasteiger partial charge in [-0.15, -0.1) is 0 Å². The first-order valence-electron chi connectivity index (χ1n) is 5.20. The number of aromatic nitrogens is 1. The van der Waals surface area contributed by atoms with Gasteiger partial charge in [0, 0.05) is 6.20 Å². The number of alkyl halides is 1. The fourth-order valence-electron chi connectivity index (χ4n) is 1.22. The Morgan fingerprint density at radius 2 is 2.11 bits per heavy atom. The van der Waals surface area contributed by atoms with E-state index in [0.29, 0.717) is 5.69 Å². The number of nitrogens with one attached hydrogen (secondary N) is 2. The average Bonchev–Trinajstić information content (AvgIpc) is 2.28. The van der Waals surface area contributed by atoms with Crippen LogP contribution in [0.3, 0.4) is 0 Å². The highest BCUT2D eigenvalue weighted by atomic mass is 79.9. The van der Waals surface area contributed by atoms with Gasteiger partial charge < -0.3 is 15.7 Å². The van der Waals surface area contributed by atoms with Gasteiger partial charge in [0.05, 0.1) is 5.69 Å². The smallest absolute Gasteiger partial charge is 0.405 e. The van der Waals surface area contributed by atoms with E-state index in [4.69, 9.17) is 5.11 Å². The van der Waals surface area contributed by atoms with Crippen molar-refractivity contribution in [3.05, 3.63) is 30.1 Å². The molecule has 7 heteroatoms. The Bertz CT molecular complexity index is 436. The quantitative estimate of drug-likeness (QED) is 0.582. The predicted octanol–water partition coefficient (Wildman–Crippen LogP) is 1.64. The van der Waals surface area contributed by atoms with Crippen molar-refractivity contribution in [1.29, 1.82) is 0 Å². The van der Waals surface area contributed by atoms with E-state index in [2.05, 4.69) is 31.5 Å². The Morgan fingerprint density at radius 1 is 1.44 bits per heavy atom. The summed E-state index contributed by atoms with van der Waals surface area (Å²) in [6.45, 7) is 2.96. The maximum absolute atomic E-state index is 11.9. The molecule has 0 aliphatic carbocycles. The minimum atomic E-state index is -1.25. The SMILES string of the molecule is CC(C)(NC(=O)O)C(=O)NC(Br)c1ccccn1. The van der Waals surface area contributed by atoms with Crippen LogP contribution in [0.15, 0.2) is 24.4 Å². The first kappa shape index (κ1) is 14.4. The zero-order chi connectivity index (χ0) is 13.8. The fraction of sp³-hybridized carbons (Fsp3) is 0.364. The van der Waals surface area contributed by atoms with E-state index >= 15 is 0 Å². The molecule has 0 saturated heterocycles. The summed E-state index contributed by atoms with van der Waals surface area (Å²) in [5, 5.41) is 13.4. The van der Waals surface area contributed by atoms with Gasteiger partial charge in [0.15, 0.2) is 0 Å². The van der Waals surface area contributed by atoms with Crippen LogP contribution in [0, 0.1) is 0 Å². The molecule has 1 unspecified atom stereocenters. The third-order valence-electron chi connectivity index (χ3n) is 2.19. The van der Waals surface area contributed by atoms with E-state index in [1.54, 1.807) is 24.4 Å². The second kappa shape index (κ2) is 5.81. The van der Waals surface area contributed by atoms with Gasteiger partial charge in [0.25, 0.3) is 0 Å². The molecule has 98 valence electrons. The Hall–Kier alpha value is -1.63. The van der Waals surface area contributed by atoms with Gasteiger partial charge in [-0.25, -0.2) is 4.79 Å². The van der Waals surface area contributed by atoms with Gasteiger partial charge in [-0.05, 0) is 26.0 Å². The summed E-state index contributed by atoms with van der Waals surface area (Å²) in [5.74, 6) is -0.447. The van der Waals surface area contributed by atoms with Crippen molar-refractivity contribution in [3.8, 4) is 0 Å². The van der Waals surface area contributed by atoms with E-state index < -0.39 is 22.5 Å². The van der Waals surface area contributed by atoms with E-state index in [1.165, 1.54) is 13.8 Å². The van der Waals surface area contributed by atoms with Crippen LogP contribution in [0.5, 0.6) is 0 Å². The van der Waals surface area contributed by atoms with Crippen molar-refractivity contribution in [2.24, 2.45) is 0 Å². The zero-order valence-electron chi connectivity index (χ0n) is 9.98. The van der Waals surface area contributed by atoms with Crippen molar-refractivity contribution < 1.29 is 14.7 Å². The number of carbonyl (C=O) groups is 2. The summed E-state index contributed by atoms with van der Waals surface area (Å²) in [4.78, 5) is 26.1. The van der Waals surface area contributed by atoms with Crippen LogP contribution < -0.4 is 10.6 Å². The molecule has 0 aliphatic heterocycles. The van der Waals surface area contributed by atoms with Crippen molar-refractivity contribution in [1.82, 2.24) is 15.6 Å². The first-order chi connectivity index (χ1) is 8.33.